The number of hydrogen-bond donors (Lipinski definition) is 2. The van der Waals surface area contributed by atoms with Crippen molar-refractivity contribution in [1.82, 2.24) is 14.8 Å². The molecule has 0 bridgehead atoms. The Hall–Kier alpha value is -2.73. The zero-order valence-electron chi connectivity index (χ0n) is 18.4. The number of rotatable bonds is 6. The predicted octanol–water partition coefficient (Wildman–Crippen LogP) is 1.26. The maximum Gasteiger partial charge on any atom is 0.266 e. The molecule has 33 heavy (non-hydrogen) atoms. The van der Waals surface area contributed by atoms with Gasteiger partial charge >= 0.3 is 0 Å². The van der Waals surface area contributed by atoms with Crippen molar-refractivity contribution < 1.29 is 27.9 Å². The number of anilines is 1. The Morgan fingerprint density at radius 1 is 1.12 bits per heavy atom. The molecule has 1 aromatic carbocycles. The molecule has 2 saturated heterocycles. The van der Waals surface area contributed by atoms with Gasteiger partial charge in [0.2, 0.25) is 10.0 Å². The van der Waals surface area contributed by atoms with Gasteiger partial charge in [0.05, 0.1) is 7.11 Å². The Balaban J connectivity index is 1.47. The van der Waals surface area contributed by atoms with Gasteiger partial charge in [0, 0.05) is 69.6 Å². The van der Waals surface area contributed by atoms with E-state index < -0.39 is 20.7 Å². The molecule has 2 aromatic rings. The van der Waals surface area contributed by atoms with Crippen LogP contribution in [0.1, 0.15) is 12.8 Å². The second-order valence-electron chi connectivity index (χ2n) is 8.04. The van der Waals surface area contributed by atoms with Crippen LogP contribution in [-0.2, 0) is 19.6 Å². The van der Waals surface area contributed by atoms with Gasteiger partial charge in [0.25, 0.3) is 5.91 Å². The number of carbonyl (C=O) groups is 1. The Labute approximate surface area is 193 Å². The number of para-hydroxylation sites is 1. The van der Waals surface area contributed by atoms with Gasteiger partial charge in [-0.15, -0.1) is 0 Å². The van der Waals surface area contributed by atoms with Crippen molar-refractivity contribution in [3.05, 3.63) is 42.6 Å². The number of amides is 1. The van der Waals surface area contributed by atoms with Gasteiger partial charge in [0.15, 0.2) is 4.75 Å². The number of aromatic nitrogens is 1. The van der Waals surface area contributed by atoms with E-state index in [0.717, 1.165) is 22.7 Å². The van der Waals surface area contributed by atoms with E-state index in [1.807, 2.05) is 41.3 Å². The summed E-state index contributed by atoms with van der Waals surface area (Å²) in [6.07, 6.45) is 1.79. The highest BCUT2D eigenvalue weighted by Gasteiger charge is 2.54. The lowest BCUT2D eigenvalue weighted by Crippen LogP contribution is -2.62. The second kappa shape index (κ2) is 9.64. The summed E-state index contributed by atoms with van der Waals surface area (Å²) >= 11 is 0. The normalized spacial score (nSPS) is 19.2. The number of carbonyl (C=O) groups excluding carboxylic acids is 1. The fourth-order valence-corrected chi connectivity index (χ4v) is 6.53. The zero-order valence-corrected chi connectivity index (χ0v) is 19.3. The average molecular weight is 477 g/mol. The minimum absolute atomic E-state index is 0.00784. The van der Waals surface area contributed by atoms with E-state index >= 15 is 0 Å². The highest BCUT2D eigenvalue weighted by Crippen LogP contribution is 2.34. The summed E-state index contributed by atoms with van der Waals surface area (Å²) in [7, 11) is -2.37. The van der Waals surface area contributed by atoms with Crippen molar-refractivity contribution >= 4 is 21.7 Å². The van der Waals surface area contributed by atoms with E-state index in [9.17, 15) is 18.4 Å². The summed E-state index contributed by atoms with van der Waals surface area (Å²) in [6.45, 7) is 1.62. The SMILES string of the molecule is COc1ccccc1-c1ccc(N2CCN(S(=O)(=O)C3(C(=O)NO)CCOCC3)CC2)nc1. The summed E-state index contributed by atoms with van der Waals surface area (Å²) < 4.78 is 37.2. The molecule has 2 N–H and O–H groups in total. The van der Waals surface area contributed by atoms with E-state index in [1.54, 1.807) is 18.8 Å². The lowest BCUT2D eigenvalue weighted by atomic mass is 9.98. The number of sulfonamides is 1. The zero-order chi connectivity index (χ0) is 23.5. The van der Waals surface area contributed by atoms with E-state index in [-0.39, 0.29) is 39.1 Å². The molecule has 0 aliphatic carbocycles. The summed E-state index contributed by atoms with van der Waals surface area (Å²) in [4.78, 5) is 19.0. The fraction of sp³-hybridized carbons (Fsp3) is 0.455. The number of methoxy groups -OCH3 is 1. The molecule has 178 valence electrons. The highest BCUT2D eigenvalue weighted by molar-refractivity contribution is 7.91. The van der Waals surface area contributed by atoms with Crippen LogP contribution in [0.5, 0.6) is 5.75 Å². The fourth-order valence-electron chi connectivity index (χ4n) is 4.43. The van der Waals surface area contributed by atoms with Crippen molar-refractivity contribution in [1.29, 1.82) is 0 Å². The summed E-state index contributed by atoms with van der Waals surface area (Å²) in [5, 5.41) is 9.19. The largest absolute Gasteiger partial charge is 0.496 e. The molecular formula is C22H28N4O6S. The van der Waals surface area contributed by atoms with Crippen LogP contribution in [0.3, 0.4) is 0 Å². The molecule has 0 radical (unpaired) electrons. The first-order valence-corrected chi connectivity index (χ1v) is 12.2. The van der Waals surface area contributed by atoms with Crippen LogP contribution in [0.25, 0.3) is 11.1 Å². The molecule has 1 amide bonds. The van der Waals surface area contributed by atoms with Crippen LogP contribution in [0.4, 0.5) is 5.82 Å². The Kier molecular flexibility index (Phi) is 6.84. The smallest absolute Gasteiger partial charge is 0.266 e. The third kappa shape index (κ3) is 4.29. The van der Waals surface area contributed by atoms with Crippen molar-refractivity contribution in [3.8, 4) is 16.9 Å². The first-order valence-electron chi connectivity index (χ1n) is 10.8. The van der Waals surface area contributed by atoms with Crippen LogP contribution in [-0.4, -0.2) is 80.1 Å². The molecule has 2 fully saturated rings. The first kappa shape index (κ1) is 23.4. The molecule has 0 spiro atoms. The number of ether oxygens (including phenoxy) is 2. The Morgan fingerprint density at radius 2 is 1.82 bits per heavy atom. The molecule has 11 heteroatoms. The number of piperazine rings is 1. The molecule has 3 heterocycles. The molecule has 0 saturated carbocycles. The molecule has 0 unspecified atom stereocenters. The molecule has 4 rings (SSSR count). The summed E-state index contributed by atoms with van der Waals surface area (Å²) in [5.41, 5.74) is 3.42. The van der Waals surface area contributed by atoms with Gasteiger partial charge in [-0.1, -0.05) is 18.2 Å². The minimum Gasteiger partial charge on any atom is -0.496 e. The molecule has 1 aromatic heterocycles. The van der Waals surface area contributed by atoms with E-state index in [0.29, 0.717) is 13.1 Å². The average Bonchev–Trinajstić information content (AvgIpc) is 2.88. The van der Waals surface area contributed by atoms with Crippen molar-refractivity contribution in [2.45, 2.75) is 17.6 Å². The maximum atomic E-state index is 13.4. The van der Waals surface area contributed by atoms with Crippen LogP contribution >= 0.6 is 0 Å². The van der Waals surface area contributed by atoms with E-state index in [4.69, 9.17) is 9.47 Å². The Morgan fingerprint density at radius 3 is 2.42 bits per heavy atom. The highest BCUT2D eigenvalue weighted by atomic mass is 32.2. The van der Waals surface area contributed by atoms with Gasteiger partial charge in [-0.3, -0.25) is 10.0 Å². The van der Waals surface area contributed by atoms with E-state index in [2.05, 4.69) is 4.98 Å². The van der Waals surface area contributed by atoms with Gasteiger partial charge in [-0.25, -0.2) is 18.9 Å². The lowest BCUT2D eigenvalue weighted by Gasteiger charge is -2.41. The maximum absolute atomic E-state index is 13.4. The predicted molar refractivity (Wildman–Crippen MR) is 122 cm³/mol. The van der Waals surface area contributed by atoms with Gasteiger partial charge in [-0.05, 0) is 18.2 Å². The van der Waals surface area contributed by atoms with Gasteiger partial charge in [0.1, 0.15) is 11.6 Å². The molecular weight excluding hydrogens is 448 g/mol. The minimum atomic E-state index is -3.99. The third-order valence-electron chi connectivity index (χ3n) is 6.38. The van der Waals surface area contributed by atoms with Gasteiger partial charge < -0.3 is 14.4 Å². The molecule has 2 aliphatic heterocycles. The topological polar surface area (TPSA) is 121 Å². The third-order valence-corrected chi connectivity index (χ3v) is 9.00. The van der Waals surface area contributed by atoms with Crippen molar-refractivity contribution in [2.75, 3.05) is 51.4 Å². The number of nitrogens with one attached hydrogen (secondary N) is 1. The number of benzene rings is 1. The van der Waals surface area contributed by atoms with Crippen molar-refractivity contribution in [2.24, 2.45) is 0 Å². The monoisotopic (exact) mass is 476 g/mol. The summed E-state index contributed by atoms with van der Waals surface area (Å²) in [5.74, 6) is 0.612. The van der Waals surface area contributed by atoms with Crippen LogP contribution in [0, 0.1) is 0 Å². The number of nitrogens with zero attached hydrogens (tertiary/aromatic N) is 3. The van der Waals surface area contributed by atoms with Crippen molar-refractivity contribution in [3.63, 3.8) is 0 Å². The first-order chi connectivity index (χ1) is 15.9. The second-order valence-corrected chi connectivity index (χ2v) is 10.3. The quantitative estimate of drug-likeness (QED) is 0.472. The number of hydroxylamine groups is 1. The molecule has 10 nitrogen and oxygen atoms in total. The van der Waals surface area contributed by atoms with Crippen LogP contribution in [0.15, 0.2) is 42.6 Å². The van der Waals surface area contributed by atoms with Crippen LogP contribution in [0.2, 0.25) is 0 Å². The molecule has 0 atom stereocenters. The van der Waals surface area contributed by atoms with Gasteiger partial charge in [-0.2, -0.15) is 4.31 Å². The van der Waals surface area contributed by atoms with Crippen LogP contribution < -0.4 is 15.1 Å². The number of hydrogen-bond acceptors (Lipinski definition) is 8. The Bertz CT molecular complexity index is 1080. The standard InChI is InChI=1S/C22H28N4O6S/c1-31-19-5-3-2-4-18(19)17-6-7-20(23-16-17)25-10-12-26(13-11-25)33(29,30)22(21(27)24-28)8-14-32-15-9-22/h2-7,16,28H,8-15H2,1H3,(H,24,27). The summed E-state index contributed by atoms with van der Waals surface area (Å²) in [6, 6.07) is 11.6. The number of pyridine rings is 1. The molecule has 2 aliphatic rings. The lowest BCUT2D eigenvalue weighted by molar-refractivity contribution is -0.134. The van der Waals surface area contributed by atoms with E-state index in [1.165, 1.54) is 4.31 Å².